The Hall–Kier alpha value is -1.94. The monoisotopic (exact) mass is 459 g/mol. The van der Waals surface area contributed by atoms with Crippen molar-refractivity contribution in [2.45, 2.75) is 19.8 Å². The van der Waals surface area contributed by atoms with E-state index in [0.29, 0.717) is 15.9 Å². The first-order chi connectivity index (χ1) is 11.4. The second-order valence-electron chi connectivity index (χ2n) is 4.88. The molecule has 0 bridgehead atoms. The summed E-state index contributed by atoms with van der Waals surface area (Å²) in [6.07, 6.45) is 3.01. The van der Waals surface area contributed by atoms with E-state index >= 15 is 0 Å². The quantitative estimate of drug-likeness (QED) is 0.184. The maximum absolute atomic E-state index is 12.3. The third kappa shape index (κ3) is 3.75. The molecule has 2 aromatic rings. The summed E-state index contributed by atoms with van der Waals surface area (Å²) in [5, 5.41) is 25.2. The van der Waals surface area contributed by atoms with Gasteiger partial charge in [-0.15, -0.1) is 0 Å². The third-order valence-electron chi connectivity index (χ3n) is 3.19. The van der Waals surface area contributed by atoms with E-state index < -0.39 is 10.4 Å². The molecule has 10 heteroatoms. The number of hydrogen-bond acceptors (Lipinski definition) is 6. The van der Waals surface area contributed by atoms with Crippen LogP contribution in [0.15, 0.2) is 30.9 Å². The minimum Gasteiger partial charge on any atom is -0.286 e. The van der Waals surface area contributed by atoms with Crippen LogP contribution in [0.2, 0.25) is 0 Å². The van der Waals surface area contributed by atoms with E-state index in [1.165, 1.54) is 12.3 Å². The number of hydrogen-bond donors (Lipinski definition) is 1. The number of nitro benzene ring substituents is 1. The fourth-order valence-electron chi connectivity index (χ4n) is 1.99. The van der Waals surface area contributed by atoms with Crippen molar-refractivity contribution >= 4 is 54.7 Å². The van der Waals surface area contributed by atoms with Crippen molar-refractivity contribution in [3.8, 4) is 0 Å². The van der Waals surface area contributed by atoms with Crippen LogP contribution >= 0.6 is 31.9 Å². The lowest BCUT2D eigenvalue weighted by atomic mass is 10.2. The standard InChI is InChI=1S/C14H13Br2N4O4/c1-2-3-4-17-7-11-12(21)5-8-10(18-19(11)22)6-9(15)13(16)14(8)20(23)24/h5-7,22H,2-4H2,1H3/q+1. The highest BCUT2D eigenvalue weighted by atomic mass is 79.9. The molecule has 0 fully saturated rings. The highest BCUT2D eigenvalue weighted by molar-refractivity contribution is 9.13. The van der Waals surface area contributed by atoms with Gasteiger partial charge < -0.3 is 0 Å². The van der Waals surface area contributed by atoms with Gasteiger partial charge in [-0.2, -0.15) is 0 Å². The SMILES string of the molecule is CCCCN=Cc1c(=O)cc2c([N+](=O)[O-])c(Br)c(Br)cc2n[n+]1O. The number of aliphatic imine (C=N–C) groups is 1. The van der Waals surface area contributed by atoms with Crippen LogP contribution in [0.4, 0.5) is 5.69 Å². The van der Waals surface area contributed by atoms with E-state index in [1.54, 1.807) is 0 Å². The molecule has 0 atom stereocenters. The summed E-state index contributed by atoms with van der Waals surface area (Å²) in [5.41, 5.74) is -1.03. The van der Waals surface area contributed by atoms with Gasteiger partial charge >= 0.3 is 5.69 Å². The second kappa shape index (κ2) is 7.75. The topological polar surface area (TPSA) is 110 Å². The van der Waals surface area contributed by atoms with Gasteiger partial charge in [0, 0.05) is 17.1 Å². The fourth-order valence-corrected chi connectivity index (χ4v) is 2.87. The van der Waals surface area contributed by atoms with Crippen LogP contribution in [-0.2, 0) is 0 Å². The molecule has 2 rings (SSSR count). The van der Waals surface area contributed by atoms with Gasteiger partial charge in [0.05, 0.1) is 15.4 Å². The van der Waals surface area contributed by atoms with Crippen molar-refractivity contribution < 1.29 is 15.0 Å². The molecule has 1 aromatic carbocycles. The molecule has 0 saturated heterocycles. The van der Waals surface area contributed by atoms with E-state index in [2.05, 4.69) is 42.0 Å². The Balaban J connectivity index is 2.77. The molecule has 1 heterocycles. The smallest absolute Gasteiger partial charge is 0.286 e. The van der Waals surface area contributed by atoms with Gasteiger partial charge in [-0.3, -0.25) is 25.1 Å². The van der Waals surface area contributed by atoms with Gasteiger partial charge in [-0.1, -0.05) is 13.3 Å². The number of nitro groups is 1. The van der Waals surface area contributed by atoms with E-state index in [-0.39, 0.29) is 26.8 Å². The predicted octanol–water partition coefficient (Wildman–Crippen LogP) is 2.77. The van der Waals surface area contributed by atoms with Crippen molar-refractivity contribution in [2.24, 2.45) is 4.99 Å². The highest BCUT2D eigenvalue weighted by Gasteiger charge is 2.24. The van der Waals surface area contributed by atoms with E-state index in [1.807, 2.05) is 6.92 Å². The average Bonchev–Trinajstić information content (AvgIpc) is 2.61. The zero-order valence-corrected chi connectivity index (χ0v) is 15.7. The highest BCUT2D eigenvalue weighted by Crippen LogP contribution is 2.37. The van der Waals surface area contributed by atoms with Crippen molar-refractivity contribution in [3.63, 3.8) is 0 Å². The minimum absolute atomic E-state index is 0.0103. The number of halogens is 2. The lowest BCUT2D eigenvalue weighted by Crippen LogP contribution is -2.42. The van der Waals surface area contributed by atoms with Crippen molar-refractivity contribution in [2.75, 3.05) is 6.54 Å². The van der Waals surface area contributed by atoms with Gasteiger partial charge in [0.1, 0.15) is 15.5 Å². The molecular formula is C14H13Br2N4O4+. The number of rotatable bonds is 5. The van der Waals surface area contributed by atoms with Crippen molar-refractivity contribution in [1.82, 2.24) is 5.10 Å². The van der Waals surface area contributed by atoms with Gasteiger partial charge in [-0.25, -0.2) is 0 Å². The van der Waals surface area contributed by atoms with Crippen LogP contribution in [0, 0.1) is 10.1 Å². The fraction of sp³-hybridized carbons (Fsp3) is 0.286. The molecule has 126 valence electrons. The molecule has 0 amide bonds. The molecule has 0 unspecified atom stereocenters. The number of unbranched alkanes of at least 4 members (excludes halogenated alkanes) is 1. The number of fused-ring (bicyclic) bond motifs is 1. The summed E-state index contributed by atoms with van der Waals surface area (Å²) >= 11 is 6.31. The summed E-state index contributed by atoms with van der Waals surface area (Å²) in [6, 6.07) is 2.54. The first kappa shape index (κ1) is 18.4. The van der Waals surface area contributed by atoms with Crippen LogP contribution in [-0.4, -0.2) is 28.0 Å². The zero-order valence-electron chi connectivity index (χ0n) is 12.6. The van der Waals surface area contributed by atoms with Crippen molar-refractivity contribution in [3.05, 3.63) is 47.1 Å². The Morgan fingerprint density at radius 2 is 2.17 bits per heavy atom. The van der Waals surface area contributed by atoms with Gasteiger partial charge in [0.2, 0.25) is 0 Å². The molecular weight excluding hydrogens is 448 g/mol. The maximum atomic E-state index is 12.3. The van der Waals surface area contributed by atoms with Crippen LogP contribution in [0.5, 0.6) is 0 Å². The summed E-state index contributed by atoms with van der Waals surface area (Å²) in [6.45, 7) is 2.51. The summed E-state index contributed by atoms with van der Waals surface area (Å²) in [4.78, 5) is 27.5. The first-order valence-electron chi connectivity index (χ1n) is 6.99. The Labute approximate surface area is 153 Å². The molecule has 0 spiro atoms. The molecule has 0 radical (unpaired) electrons. The lowest BCUT2D eigenvalue weighted by molar-refractivity contribution is -0.947. The Bertz CT molecular complexity index is 902. The van der Waals surface area contributed by atoms with Gasteiger partial charge in [-0.05, 0) is 44.3 Å². The van der Waals surface area contributed by atoms with E-state index in [9.17, 15) is 20.1 Å². The first-order valence-corrected chi connectivity index (χ1v) is 8.58. The average molecular weight is 461 g/mol. The molecule has 1 N–H and O–H groups in total. The summed E-state index contributed by atoms with van der Waals surface area (Å²) in [5.74, 6) is 0. The largest absolute Gasteiger partial charge is 0.353 e. The number of aromatic nitrogens is 2. The Kier molecular flexibility index (Phi) is 5.94. The summed E-state index contributed by atoms with van der Waals surface area (Å²) in [7, 11) is 0. The molecule has 0 aliphatic carbocycles. The molecule has 0 aliphatic heterocycles. The molecule has 0 saturated carbocycles. The number of benzene rings is 1. The zero-order chi connectivity index (χ0) is 17.9. The third-order valence-corrected chi connectivity index (χ3v) is 5.16. The molecule has 8 nitrogen and oxygen atoms in total. The van der Waals surface area contributed by atoms with Gasteiger partial charge in [0.15, 0.2) is 5.52 Å². The van der Waals surface area contributed by atoms with Crippen LogP contribution in [0.25, 0.3) is 10.9 Å². The minimum atomic E-state index is -0.627. The number of nitrogens with zero attached hydrogens (tertiary/aromatic N) is 4. The van der Waals surface area contributed by atoms with Gasteiger partial charge in [0.25, 0.3) is 11.1 Å². The summed E-state index contributed by atoms with van der Waals surface area (Å²) < 4.78 is 0.570. The van der Waals surface area contributed by atoms with Crippen LogP contribution in [0.1, 0.15) is 25.5 Å². The van der Waals surface area contributed by atoms with E-state index in [0.717, 1.165) is 18.9 Å². The van der Waals surface area contributed by atoms with E-state index in [4.69, 9.17) is 0 Å². The molecule has 0 aliphatic rings. The van der Waals surface area contributed by atoms with Crippen molar-refractivity contribution in [1.29, 1.82) is 0 Å². The normalized spacial score (nSPS) is 11.3. The second-order valence-corrected chi connectivity index (χ2v) is 6.53. The van der Waals surface area contributed by atoms with Crippen LogP contribution in [0.3, 0.4) is 0 Å². The molecule has 1 aromatic heterocycles. The van der Waals surface area contributed by atoms with Crippen LogP contribution < -0.4 is 10.3 Å². The Morgan fingerprint density at radius 3 is 2.79 bits per heavy atom. The predicted molar refractivity (Wildman–Crippen MR) is 94.8 cm³/mol. The maximum Gasteiger partial charge on any atom is 0.353 e. The Morgan fingerprint density at radius 1 is 1.46 bits per heavy atom. The lowest BCUT2D eigenvalue weighted by Gasteiger charge is -1.99. The molecule has 24 heavy (non-hydrogen) atoms.